The molecule has 0 spiro atoms. The first-order valence-electron chi connectivity index (χ1n) is 6.16. The van der Waals surface area contributed by atoms with E-state index in [0.29, 0.717) is 11.7 Å². The maximum absolute atomic E-state index is 11.6. The summed E-state index contributed by atoms with van der Waals surface area (Å²) in [5, 5.41) is 3.81. The molecule has 1 aromatic heterocycles. The predicted octanol–water partition coefficient (Wildman–Crippen LogP) is 2.43. The van der Waals surface area contributed by atoms with Gasteiger partial charge in [0.05, 0.1) is 5.92 Å². The van der Waals surface area contributed by atoms with Gasteiger partial charge in [0, 0.05) is 5.92 Å². The third-order valence-electron chi connectivity index (χ3n) is 3.03. The van der Waals surface area contributed by atoms with Crippen molar-refractivity contribution in [2.75, 3.05) is 0 Å². The van der Waals surface area contributed by atoms with Crippen molar-refractivity contribution in [3.8, 4) is 0 Å². The van der Waals surface area contributed by atoms with Crippen LogP contribution in [0.15, 0.2) is 4.52 Å². The van der Waals surface area contributed by atoms with Gasteiger partial charge in [-0.25, -0.2) is 0 Å². The van der Waals surface area contributed by atoms with Crippen molar-refractivity contribution in [3.05, 3.63) is 11.7 Å². The van der Waals surface area contributed by atoms with Crippen molar-refractivity contribution in [1.82, 2.24) is 10.1 Å². The van der Waals surface area contributed by atoms with Gasteiger partial charge in [0.15, 0.2) is 12.4 Å². The van der Waals surface area contributed by atoms with Crippen LogP contribution in [0, 0.1) is 5.92 Å². The minimum Gasteiger partial charge on any atom is -0.455 e. The van der Waals surface area contributed by atoms with Crippen molar-refractivity contribution in [3.63, 3.8) is 0 Å². The Morgan fingerprint density at radius 3 is 2.76 bits per heavy atom. The zero-order valence-electron chi connectivity index (χ0n) is 10.3. The number of aromatic nitrogens is 2. The summed E-state index contributed by atoms with van der Waals surface area (Å²) >= 11 is 0. The SMILES string of the molecule is CC(C)c1noc(COC(=O)C2CCCC2)n1. The molecule has 94 valence electrons. The lowest BCUT2D eigenvalue weighted by molar-refractivity contribution is -0.150. The predicted molar refractivity (Wildman–Crippen MR) is 60.1 cm³/mol. The Morgan fingerprint density at radius 2 is 2.18 bits per heavy atom. The first-order chi connectivity index (χ1) is 8.16. The van der Waals surface area contributed by atoms with Crippen LogP contribution in [0.1, 0.15) is 57.2 Å². The van der Waals surface area contributed by atoms with Crippen LogP contribution in [-0.2, 0) is 16.1 Å². The topological polar surface area (TPSA) is 65.2 Å². The van der Waals surface area contributed by atoms with Gasteiger partial charge in [-0.1, -0.05) is 31.8 Å². The lowest BCUT2D eigenvalue weighted by Crippen LogP contribution is -2.14. The molecule has 0 amide bonds. The molecule has 1 heterocycles. The van der Waals surface area contributed by atoms with Crippen LogP contribution in [0.3, 0.4) is 0 Å². The Labute approximate surface area is 101 Å². The molecule has 1 fully saturated rings. The van der Waals surface area contributed by atoms with E-state index in [1.165, 1.54) is 0 Å². The number of esters is 1. The van der Waals surface area contributed by atoms with Crippen LogP contribution < -0.4 is 0 Å². The first kappa shape index (κ1) is 12.1. The first-order valence-corrected chi connectivity index (χ1v) is 6.16. The normalized spacial score (nSPS) is 16.6. The van der Waals surface area contributed by atoms with E-state index in [1.54, 1.807) is 0 Å². The average Bonchev–Trinajstić information content (AvgIpc) is 2.97. The van der Waals surface area contributed by atoms with Crippen LogP contribution in [-0.4, -0.2) is 16.1 Å². The molecule has 5 heteroatoms. The second-order valence-corrected chi connectivity index (χ2v) is 4.79. The quantitative estimate of drug-likeness (QED) is 0.754. The van der Waals surface area contributed by atoms with Crippen LogP contribution in [0.25, 0.3) is 0 Å². The third-order valence-corrected chi connectivity index (χ3v) is 3.03. The molecule has 5 nitrogen and oxygen atoms in total. The largest absolute Gasteiger partial charge is 0.455 e. The highest BCUT2D eigenvalue weighted by atomic mass is 16.6. The van der Waals surface area contributed by atoms with Crippen molar-refractivity contribution in [2.45, 2.75) is 52.1 Å². The highest BCUT2D eigenvalue weighted by molar-refractivity contribution is 5.72. The molecule has 0 unspecified atom stereocenters. The van der Waals surface area contributed by atoms with Crippen molar-refractivity contribution < 1.29 is 14.1 Å². The van der Waals surface area contributed by atoms with Gasteiger partial charge in [-0.3, -0.25) is 4.79 Å². The second kappa shape index (κ2) is 5.29. The van der Waals surface area contributed by atoms with Gasteiger partial charge in [0.2, 0.25) is 0 Å². The Morgan fingerprint density at radius 1 is 1.47 bits per heavy atom. The Bertz CT molecular complexity index is 381. The number of ether oxygens (including phenoxy) is 1. The third kappa shape index (κ3) is 3.05. The zero-order chi connectivity index (χ0) is 12.3. The molecule has 2 rings (SSSR count). The fourth-order valence-electron chi connectivity index (χ4n) is 1.97. The van der Waals surface area contributed by atoms with E-state index < -0.39 is 0 Å². The van der Waals surface area contributed by atoms with Gasteiger partial charge in [-0.05, 0) is 12.8 Å². The molecule has 0 saturated heterocycles. The average molecular weight is 238 g/mol. The van der Waals surface area contributed by atoms with Gasteiger partial charge in [0.1, 0.15) is 0 Å². The lowest BCUT2D eigenvalue weighted by atomic mass is 10.1. The second-order valence-electron chi connectivity index (χ2n) is 4.79. The summed E-state index contributed by atoms with van der Waals surface area (Å²) in [7, 11) is 0. The summed E-state index contributed by atoms with van der Waals surface area (Å²) in [6.07, 6.45) is 4.13. The fraction of sp³-hybridized carbons (Fsp3) is 0.750. The Balaban J connectivity index is 1.82. The number of nitrogens with zero attached hydrogens (tertiary/aromatic N) is 2. The van der Waals surface area contributed by atoms with Crippen LogP contribution in [0.2, 0.25) is 0 Å². The van der Waals surface area contributed by atoms with Crippen LogP contribution >= 0.6 is 0 Å². The molecule has 1 aliphatic carbocycles. The standard InChI is InChI=1S/C12H18N2O3/c1-8(2)11-13-10(17-14-11)7-16-12(15)9-5-3-4-6-9/h8-9H,3-7H2,1-2H3. The molecule has 0 atom stereocenters. The van der Waals surface area contributed by atoms with E-state index in [-0.39, 0.29) is 24.4 Å². The minimum atomic E-state index is -0.133. The summed E-state index contributed by atoms with van der Waals surface area (Å²) in [5.74, 6) is 1.18. The van der Waals surface area contributed by atoms with Crippen LogP contribution in [0.5, 0.6) is 0 Å². The number of carbonyl (C=O) groups excluding carboxylic acids is 1. The van der Waals surface area contributed by atoms with E-state index in [1.807, 2.05) is 13.8 Å². The molecule has 17 heavy (non-hydrogen) atoms. The molecule has 0 radical (unpaired) electrons. The highest BCUT2D eigenvalue weighted by Crippen LogP contribution is 2.26. The maximum Gasteiger partial charge on any atom is 0.309 e. The highest BCUT2D eigenvalue weighted by Gasteiger charge is 2.24. The van der Waals surface area contributed by atoms with Gasteiger partial charge in [-0.15, -0.1) is 0 Å². The molecular weight excluding hydrogens is 220 g/mol. The van der Waals surface area contributed by atoms with Crippen molar-refractivity contribution >= 4 is 5.97 Å². The molecule has 1 saturated carbocycles. The van der Waals surface area contributed by atoms with E-state index in [0.717, 1.165) is 25.7 Å². The zero-order valence-corrected chi connectivity index (χ0v) is 10.3. The number of rotatable bonds is 4. The molecule has 0 aromatic carbocycles. The summed E-state index contributed by atoms with van der Waals surface area (Å²) in [5.41, 5.74) is 0. The molecule has 0 N–H and O–H groups in total. The van der Waals surface area contributed by atoms with Gasteiger partial charge >= 0.3 is 5.97 Å². The summed E-state index contributed by atoms with van der Waals surface area (Å²) in [6, 6.07) is 0. The number of hydrogen-bond acceptors (Lipinski definition) is 5. The molecule has 0 bridgehead atoms. The minimum absolute atomic E-state index is 0.0718. The number of hydrogen-bond donors (Lipinski definition) is 0. The maximum atomic E-state index is 11.6. The Kier molecular flexibility index (Phi) is 3.76. The lowest BCUT2D eigenvalue weighted by Gasteiger charge is -2.06. The Hall–Kier alpha value is -1.39. The van der Waals surface area contributed by atoms with Crippen LogP contribution in [0.4, 0.5) is 0 Å². The molecule has 0 aliphatic heterocycles. The van der Waals surface area contributed by atoms with Gasteiger partial charge < -0.3 is 9.26 Å². The van der Waals surface area contributed by atoms with E-state index in [9.17, 15) is 4.79 Å². The van der Waals surface area contributed by atoms with Crippen molar-refractivity contribution in [2.24, 2.45) is 5.92 Å². The van der Waals surface area contributed by atoms with E-state index >= 15 is 0 Å². The summed E-state index contributed by atoms with van der Waals surface area (Å²) < 4.78 is 10.2. The summed E-state index contributed by atoms with van der Waals surface area (Å²) in [6.45, 7) is 4.06. The fourth-order valence-corrected chi connectivity index (χ4v) is 1.97. The molecule has 1 aromatic rings. The number of carbonyl (C=O) groups is 1. The van der Waals surface area contributed by atoms with E-state index in [2.05, 4.69) is 10.1 Å². The monoisotopic (exact) mass is 238 g/mol. The van der Waals surface area contributed by atoms with Gasteiger partial charge in [0.25, 0.3) is 5.89 Å². The van der Waals surface area contributed by atoms with Gasteiger partial charge in [-0.2, -0.15) is 4.98 Å². The van der Waals surface area contributed by atoms with Crippen molar-refractivity contribution in [1.29, 1.82) is 0 Å². The molecular formula is C12H18N2O3. The smallest absolute Gasteiger partial charge is 0.309 e. The molecule has 1 aliphatic rings. The van der Waals surface area contributed by atoms with E-state index in [4.69, 9.17) is 9.26 Å². The summed E-state index contributed by atoms with van der Waals surface area (Å²) in [4.78, 5) is 15.8.